The lowest BCUT2D eigenvalue weighted by Gasteiger charge is -2.04. The fourth-order valence-corrected chi connectivity index (χ4v) is 3.48. The molecule has 0 aliphatic heterocycles. The average molecular weight is 401 g/mol. The summed E-state index contributed by atoms with van der Waals surface area (Å²) in [4.78, 5) is 13.1. The molecule has 0 atom stereocenters. The topological polar surface area (TPSA) is 71.3 Å². The predicted octanol–water partition coefficient (Wildman–Crippen LogP) is 4.16. The van der Waals surface area contributed by atoms with Crippen molar-refractivity contribution < 1.29 is 4.79 Å². The number of thiophene rings is 1. The Hall–Kier alpha value is -3.71. The number of rotatable bonds is 7. The average Bonchev–Trinajstić information content (AvgIpc) is 3.44. The number of amides is 1. The van der Waals surface area contributed by atoms with E-state index in [1.807, 2.05) is 89.1 Å². The molecule has 0 fully saturated rings. The number of nitrogens with zero attached hydrogens (tertiary/aromatic N) is 3. The molecule has 2 heterocycles. The number of benzene rings is 2. The first-order chi connectivity index (χ1) is 14.3. The summed E-state index contributed by atoms with van der Waals surface area (Å²) < 4.78 is 1.81. The van der Waals surface area contributed by atoms with Crippen LogP contribution in [0.2, 0.25) is 0 Å². The van der Waals surface area contributed by atoms with E-state index in [2.05, 4.69) is 15.8 Å². The third-order valence-electron chi connectivity index (χ3n) is 4.14. The number of nitrogens with one attached hydrogen (secondary N) is 2. The minimum atomic E-state index is -0.224. The summed E-state index contributed by atoms with van der Waals surface area (Å²) in [6, 6.07) is 23.4. The van der Waals surface area contributed by atoms with E-state index in [-0.39, 0.29) is 12.5 Å². The van der Waals surface area contributed by atoms with Crippen LogP contribution in [-0.4, -0.2) is 28.4 Å². The number of para-hydroxylation sites is 2. The van der Waals surface area contributed by atoms with Gasteiger partial charge < -0.3 is 5.32 Å². The maximum absolute atomic E-state index is 12.0. The second-order valence-corrected chi connectivity index (χ2v) is 7.15. The van der Waals surface area contributed by atoms with E-state index in [0.717, 1.165) is 27.5 Å². The van der Waals surface area contributed by atoms with Gasteiger partial charge in [-0.1, -0.05) is 42.5 Å². The molecule has 0 saturated heterocycles. The first-order valence-electron chi connectivity index (χ1n) is 9.09. The van der Waals surface area contributed by atoms with Crippen molar-refractivity contribution in [1.82, 2.24) is 15.2 Å². The molecule has 0 aliphatic carbocycles. The summed E-state index contributed by atoms with van der Waals surface area (Å²) in [7, 11) is 0. The summed E-state index contributed by atoms with van der Waals surface area (Å²) in [5.41, 5.74) is 6.05. The van der Waals surface area contributed by atoms with Gasteiger partial charge in [-0.15, -0.1) is 11.3 Å². The van der Waals surface area contributed by atoms with Crippen LogP contribution in [0.25, 0.3) is 16.3 Å². The molecular weight excluding hydrogens is 382 g/mol. The molecule has 0 spiro atoms. The van der Waals surface area contributed by atoms with Gasteiger partial charge in [0.25, 0.3) is 5.91 Å². The number of carbonyl (C=O) groups excluding carboxylic acids is 1. The van der Waals surface area contributed by atoms with Crippen LogP contribution in [-0.2, 0) is 4.79 Å². The van der Waals surface area contributed by atoms with Crippen molar-refractivity contribution in [2.45, 2.75) is 0 Å². The van der Waals surface area contributed by atoms with Gasteiger partial charge in [-0.25, -0.2) is 10.1 Å². The van der Waals surface area contributed by atoms with E-state index < -0.39 is 0 Å². The summed E-state index contributed by atoms with van der Waals surface area (Å²) in [5.74, 6) is -0.224. The summed E-state index contributed by atoms with van der Waals surface area (Å²) in [6.45, 7) is 0.141. The van der Waals surface area contributed by atoms with E-state index in [0.29, 0.717) is 0 Å². The Kier molecular flexibility index (Phi) is 5.78. The molecule has 2 N–H and O–H groups in total. The molecule has 6 nitrogen and oxygen atoms in total. The number of hydrogen-bond donors (Lipinski definition) is 2. The lowest BCUT2D eigenvalue weighted by Crippen LogP contribution is -2.25. The molecule has 0 unspecified atom stereocenters. The van der Waals surface area contributed by atoms with E-state index in [4.69, 9.17) is 5.10 Å². The smallest absolute Gasteiger partial charge is 0.259 e. The van der Waals surface area contributed by atoms with Crippen LogP contribution < -0.4 is 10.7 Å². The number of anilines is 1. The highest BCUT2D eigenvalue weighted by Gasteiger charge is 2.12. The zero-order chi connectivity index (χ0) is 19.9. The van der Waals surface area contributed by atoms with Gasteiger partial charge in [0.15, 0.2) is 0 Å². The first kappa shape index (κ1) is 18.6. The van der Waals surface area contributed by atoms with Crippen molar-refractivity contribution in [3.05, 3.63) is 89.9 Å². The Morgan fingerprint density at radius 1 is 1.03 bits per heavy atom. The zero-order valence-corrected chi connectivity index (χ0v) is 16.3. The second kappa shape index (κ2) is 8.99. The highest BCUT2D eigenvalue weighted by molar-refractivity contribution is 7.13. The quantitative estimate of drug-likeness (QED) is 0.361. The Morgan fingerprint density at radius 3 is 2.52 bits per heavy atom. The monoisotopic (exact) mass is 401 g/mol. The molecule has 2 aromatic heterocycles. The van der Waals surface area contributed by atoms with E-state index in [1.165, 1.54) is 0 Å². The van der Waals surface area contributed by atoms with Gasteiger partial charge in [0.05, 0.1) is 23.3 Å². The molecule has 29 heavy (non-hydrogen) atoms. The van der Waals surface area contributed by atoms with Crippen LogP contribution in [0.1, 0.15) is 5.56 Å². The van der Waals surface area contributed by atoms with Crippen molar-refractivity contribution in [2.75, 3.05) is 11.9 Å². The SMILES string of the molecule is O=C(CNc1ccccc1)N/N=C/c1cn(-c2ccccc2)nc1-c1cccs1. The Morgan fingerprint density at radius 2 is 1.79 bits per heavy atom. The van der Waals surface area contributed by atoms with Gasteiger partial charge in [-0.3, -0.25) is 4.79 Å². The maximum Gasteiger partial charge on any atom is 0.259 e. The van der Waals surface area contributed by atoms with Crippen LogP contribution >= 0.6 is 11.3 Å². The lowest BCUT2D eigenvalue weighted by molar-refractivity contribution is -0.119. The van der Waals surface area contributed by atoms with Gasteiger partial charge in [0.2, 0.25) is 0 Å². The van der Waals surface area contributed by atoms with Gasteiger partial charge in [0.1, 0.15) is 5.69 Å². The van der Waals surface area contributed by atoms with Gasteiger partial charge in [-0.05, 0) is 35.7 Å². The molecule has 0 saturated carbocycles. The molecule has 4 rings (SSSR count). The van der Waals surface area contributed by atoms with E-state index >= 15 is 0 Å². The highest BCUT2D eigenvalue weighted by Crippen LogP contribution is 2.26. The molecular formula is C22H19N5OS. The molecule has 1 amide bonds. The van der Waals surface area contributed by atoms with Gasteiger partial charge in [-0.2, -0.15) is 10.2 Å². The minimum absolute atomic E-state index is 0.141. The molecule has 2 aromatic carbocycles. The normalized spacial score (nSPS) is 10.9. The van der Waals surface area contributed by atoms with Crippen LogP contribution in [0.3, 0.4) is 0 Å². The van der Waals surface area contributed by atoms with Crippen molar-refractivity contribution >= 4 is 29.1 Å². The number of aromatic nitrogens is 2. The molecule has 0 radical (unpaired) electrons. The Balaban J connectivity index is 1.47. The van der Waals surface area contributed by atoms with Crippen molar-refractivity contribution in [3.8, 4) is 16.3 Å². The van der Waals surface area contributed by atoms with Gasteiger partial charge >= 0.3 is 0 Å². The van der Waals surface area contributed by atoms with Crippen LogP contribution in [0.15, 0.2) is 89.5 Å². The lowest BCUT2D eigenvalue weighted by atomic mass is 10.2. The zero-order valence-electron chi connectivity index (χ0n) is 15.5. The minimum Gasteiger partial charge on any atom is -0.376 e. The molecule has 0 bridgehead atoms. The summed E-state index contributed by atoms with van der Waals surface area (Å²) in [6.07, 6.45) is 3.53. The third kappa shape index (κ3) is 4.77. The fourth-order valence-electron chi connectivity index (χ4n) is 2.75. The van der Waals surface area contributed by atoms with Crippen molar-refractivity contribution in [1.29, 1.82) is 0 Å². The third-order valence-corrected chi connectivity index (χ3v) is 5.01. The molecule has 7 heteroatoms. The van der Waals surface area contributed by atoms with Crippen molar-refractivity contribution in [2.24, 2.45) is 5.10 Å². The fraction of sp³-hybridized carbons (Fsp3) is 0.0455. The Labute approximate surface area is 172 Å². The predicted molar refractivity (Wildman–Crippen MR) is 118 cm³/mol. The van der Waals surface area contributed by atoms with Gasteiger partial charge in [0, 0.05) is 17.4 Å². The maximum atomic E-state index is 12.0. The van der Waals surface area contributed by atoms with Crippen LogP contribution in [0.5, 0.6) is 0 Å². The number of hydrogen-bond acceptors (Lipinski definition) is 5. The molecule has 144 valence electrons. The summed E-state index contributed by atoms with van der Waals surface area (Å²) in [5, 5.41) is 13.9. The Bertz CT molecular complexity index is 1090. The standard InChI is InChI=1S/C22H19N5OS/c28-21(15-23-18-8-3-1-4-9-18)25-24-14-17-16-27(19-10-5-2-6-11-19)26-22(17)20-12-7-13-29-20/h1-14,16,23H,15H2,(H,25,28)/b24-14+. The van der Waals surface area contributed by atoms with Crippen molar-refractivity contribution in [3.63, 3.8) is 0 Å². The first-order valence-corrected chi connectivity index (χ1v) is 9.97. The number of hydrazone groups is 1. The molecule has 0 aliphatic rings. The van der Waals surface area contributed by atoms with Crippen LogP contribution in [0.4, 0.5) is 5.69 Å². The number of carbonyl (C=O) groups is 1. The van der Waals surface area contributed by atoms with E-state index in [9.17, 15) is 4.79 Å². The largest absolute Gasteiger partial charge is 0.376 e. The molecule has 4 aromatic rings. The second-order valence-electron chi connectivity index (χ2n) is 6.20. The summed E-state index contributed by atoms with van der Waals surface area (Å²) >= 11 is 1.61. The highest BCUT2D eigenvalue weighted by atomic mass is 32.1. The van der Waals surface area contributed by atoms with E-state index in [1.54, 1.807) is 17.6 Å². The van der Waals surface area contributed by atoms with Crippen LogP contribution in [0, 0.1) is 0 Å².